The topological polar surface area (TPSA) is 64.0 Å². The van der Waals surface area contributed by atoms with Gasteiger partial charge in [-0.2, -0.15) is 11.8 Å². The number of pyridine rings is 2. The van der Waals surface area contributed by atoms with E-state index in [2.05, 4.69) is 17.2 Å². The van der Waals surface area contributed by atoms with Crippen LogP contribution < -0.4 is 10.9 Å². The van der Waals surface area contributed by atoms with Crippen molar-refractivity contribution in [1.82, 2.24) is 9.55 Å². The Morgan fingerprint density at radius 3 is 2.90 bits per heavy atom. The number of rotatable bonds is 5. The fraction of sp³-hybridized carbons (Fsp3) is 0.267. The lowest BCUT2D eigenvalue weighted by Crippen LogP contribution is -2.19. The molecule has 0 saturated carbocycles. The Hall–Kier alpha value is -2.08. The molecule has 21 heavy (non-hydrogen) atoms. The lowest BCUT2D eigenvalue weighted by Gasteiger charge is -2.07. The van der Waals surface area contributed by atoms with Crippen LogP contribution in [-0.2, 0) is 12.8 Å². The van der Waals surface area contributed by atoms with Crippen LogP contribution >= 0.6 is 11.8 Å². The summed E-state index contributed by atoms with van der Waals surface area (Å²) >= 11 is 1.81. The summed E-state index contributed by atoms with van der Waals surface area (Å²) in [6.45, 7) is 2.11. The highest BCUT2D eigenvalue weighted by Gasteiger charge is 2.08. The number of nitrogens with zero attached hydrogens (tertiary/aromatic N) is 2. The minimum atomic E-state index is -0.279. The smallest absolute Gasteiger partial charge is 0.258 e. The second-order valence-corrected chi connectivity index (χ2v) is 5.78. The molecule has 0 bridgehead atoms. The lowest BCUT2D eigenvalue weighted by atomic mass is 10.2. The van der Waals surface area contributed by atoms with Crippen molar-refractivity contribution in [2.75, 3.05) is 11.1 Å². The first-order valence-electron chi connectivity index (χ1n) is 6.61. The summed E-state index contributed by atoms with van der Waals surface area (Å²) in [5.74, 6) is 2.17. The Bertz CT molecular complexity index is 697. The highest BCUT2D eigenvalue weighted by Crippen LogP contribution is 2.14. The normalized spacial score (nSPS) is 10.4. The second-order valence-electron chi connectivity index (χ2n) is 4.51. The zero-order valence-electron chi connectivity index (χ0n) is 12.0. The van der Waals surface area contributed by atoms with Gasteiger partial charge in [-0.05, 0) is 29.5 Å². The Kier molecular flexibility index (Phi) is 5.16. The number of amides is 1. The quantitative estimate of drug-likeness (QED) is 0.920. The maximum absolute atomic E-state index is 12.1. The summed E-state index contributed by atoms with van der Waals surface area (Å²) in [4.78, 5) is 27.6. The van der Waals surface area contributed by atoms with Gasteiger partial charge < -0.3 is 9.88 Å². The zero-order chi connectivity index (χ0) is 15.2. The molecule has 0 spiro atoms. The number of aryl methyl sites for hydroxylation is 1. The molecule has 6 heteroatoms. The van der Waals surface area contributed by atoms with Crippen LogP contribution in [0.25, 0.3) is 0 Å². The first-order valence-corrected chi connectivity index (χ1v) is 7.76. The first-order chi connectivity index (χ1) is 10.1. The number of aromatic nitrogens is 2. The minimum absolute atomic E-state index is 0.150. The van der Waals surface area contributed by atoms with Crippen LogP contribution in [-0.4, -0.2) is 21.2 Å². The summed E-state index contributed by atoms with van der Waals surface area (Å²) in [6.07, 6.45) is 3.19. The number of thioether (sulfide) groups is 1. The maximum Gasteiger partial charge on any atom is 0.258 e. The van der Waals surface area contributed by atoms with Crippen LogP contribution in [0.5, 0.6) is 0 Å². The molecule has 0 aliphatic carbocycles. The van der Waals surface area contributed by atoms with E-state index in [0.29, 0.717) is 11.4 Å². The van der Waals surface area contributed by atoms with E-state index in [1.54, 1.807) is 13.2 Å². The highest BCUT2D eigenvalue weighted by atomic mass is 32.2. The van der Waals surface area contributed by atoms with Gasteiger partial charge in [-0.15, -0.1) is 0 Å². The molecule has 110 valence electrons. The SMILES string of the molecule is CCSCc1ccnc(NC(=O)c2ccc(=O)n(C)c2)c1. The van der Waals surface area contributed by atoms with Crippen molar-refractivity contribution in [3.05, 3.63) is 58.1 Å². The Morgan fingerprint density at radius 1 is 1.38 bits per heavy atom. The van der Waals surface area contributed by atoms with Gasteiger partial charge in [-0.25, -0.2) is 4.98 Å². The van der Waals surface area contributed by atoms with Crippen molar-refractivity contribution in [2.24, 2.45) is 7.05 Å². The van der Waals surface area contributed by atoms with Crippen LogP contribution in [0.3, 0.4) is 0 Å². The van der Waals surface area contributed by atoms with Crippen LogP contribution in [0.4, 0.5) is 5.82 Å². The van der Waals surface area contributed by atoms with E-state index in [1.165, 1.54) is 22.9 Å². The Balaban J connectivity index is 2.11. The van der Waals surface area contributed by atoms with Gasteiger partial charge in [0.1, 0.15) is 5.82 Å². The van der Waals surface area contributed by atoms with Crippen molar-refractivity contribution in [1.29, 1.82) is 0 Å². The molecule has 1 amide bonds. The van der Waals surface area contributed by atoms with Crippen molar-refractivity contribution in [2.45, 2.75) is 12.7 Å². The number of hydrogen-bond acceptors (Lipinski definition) is 4. The van der Waals surface area contributed by atoms with E-state index >= 15 is 0 Å². The predicted octanol–water partition coefficient (Wildman–Crippen LogP) is 2.29. The maximum atomic E-state index is 12.1. The van der Waals surface area contributed by atoms with Gasteiger partial charge in [-0.1, -0.05) is 6.92 Å². The molecule has 2 heterocycles. The van der Waals surface area contributed by atoms with Gasteiger partial charge in [0.2, 0.25) is 5.56 Å². The predicted molar refractivity (Wildman–Crippen MR) is 85.7 cm³/mol. The van der Waals surface area contributed by atoms with Crippen LogP contribution in [0.1, 0.15) is 22.8 Å². The number of carbonyl (C=O) groups is 1. The number of anilines is 1. The largest absolute Gasteiger partial charge is 0.318 e. The molecule has 0 atom stereocenters. The van der Waals surface area contributed by atoms with Crippen molar-refractivity contribution < 1.29 is 4.79 Å². The average molecular weight is 303 g/mol. The fourth-order valence-electron chi connectivity index (χ4n) is 1.77. The Morgan fingerprint density at radius 2 is 2.19 bits per heavy atom. The van der Waals surface area contributed by atoms with E-state index in [-0.39, 0.29) is 11.5 Å². The Labute approximate surface area is 127 Å². The molecule has 2 rings (SSSR count). The fourth-order valence-corrected chi connectivity index (χ4v) is 2.39. The molecule has 0 aromatic carbocycles. The summed E-state index contributed by atoms with van der Waals surface area (Å²) in [6, 6.07) is 6.68. The minimum Gasteiger partial charge on any atom is -0.318 e. The van der Waals surface area contributed by atoms with Gasteiger partial charge >= 0.3 is 0 Å². The molecule has 0 fully saturated rings. The number of nitrogens with one attached hydrogen (secondary N) is 1. The van der Waals surface area contributed by atoms with Crippen LogP contribution in [0.15, 0.2) is 41.5 Å². The standard InChI is InChI=1S/C15H17N3O2S/c1-3-21-10-11-6-7-16-13(8-11)17-15(20)12-4-5-14(19)18(2)9-12/h4-9H,3,10H2,1-2H3,(H,16,17,20). The van der Waals surface area contributed by atoms with Crippen molar-refractivity contribution >= 4 is 23.5 Å². The third-order valence-corrected chi connectivity index (χ3v) is 3.83. The van der Waals surface area contributed by atoms with E-state index in [9.17, 15) is 9.59 Å². The highest BCUT2D eigenvalue weighted by molar-refractivity contribution is 7.98. The van der Waals surface area contributed by atoms with E-state index in [1.807, 2.05) is 23.9 Å². The third kappa shape index (κ3) is 4.19. The average Bonchev–Trinajstić information content (AvgIpc) is 2.48. The summed E-state index contributed by atoms with van der Waals surface area (Å²) in [7, 11) is 1.61. The molecule has 0 unspecified atom stereocenters. The second kappa shape index (κ2) is 7.08. The number of hydrogen-bond donors (Lipinski definition) is 1. The molecular weight excluding hydrogens is 286 g/mol. The zero-order valence-corrected chi connectivity index (χ0v) is 12.8. The van der Waals surface area contributed by atoms with E-state index in [0.717, 1.165) is 17.1 Å². The summed E-state index contributed by atoms with van der Waals surface area (Å²) < 4.78 is 1.37. The van der Waals surface area contributed by atoms with Gasteiger partial charge in [0, 0.05) is 31.3 Å². The van der Waals surface area contributed by atoms with Gasteiger partial charge in [-0.3, -0.25) is 9.59 Å². The van der Waals surface area contributed by atoms with E-state index < -0.39 is 0 Å². The molecule has 0 radical (unpaired) electrons. The molecule has 0 aliphatic heterocycles. The van der Waals surface area contributed by atoms with Gasteiger partial charge in [0.25, 0.3) is 5.91 Å². The number of carbonyl (C=O) groups excluding carboxylic acids is 1. The molecule has 5 nitrogen and oxygen atoms in total. The van der Waals surface area contributed by atoms with Gasteiger partial charge in [0.05, 0.1) is 5.56 Å². The first kappa shape index (κ1) is 15.3. The van der Waals surface area contributed by atoms with Crippen molar-refractivity contribution in [3.8, 4) is 0 Å². The molecule has 1 N–H and O–H groups in total. The third-order valence-electron chi connectivity index (χ3n) is 2.89. The van der Waals surface area contributed by atoms with Crippen LogP contribution in [0.2, 0.25) is 0 Å². The summed E-state index contributed by atoms with van der Waals surface area (Å²) in [5, 5.41) is 2.75. The molecule has 2 aromatic rings. The summed E-state index contributed by atoms with van der Waals surface area (Å²) in [5.41, 5.74) is 1.39. The monoisotopic (exact) mass is 303 g/mol. The van der Waals surface area contributed by atoms with Crippen molar-refractivity contribution in [3.63, 3.8) is 0 Å². The molecule has 0 saturated heterocycles. The van der Waals surface area contributed by atoms with Crippen LogP contribution in [0, 0.1) is 0 Å². The molecule has 0 aliphatic rings. The van der Waals surface area contributed by atoms with E-state index in [4.69, 9.17) is 0 Å². The lowest BCUT2D eigenvalue weighted by molar-refractivity contribution is 0.102. The molecular formula is C15H17N3O2S. The molecule has 2 aromatic heterocycles. The van der Waals surface area contributed by atoms with Gasteiger partial charge in [0.15, 0.2) is 0 Å².